The number of imidazole rings is 1. The number of aromatic nitrogens is 6. The van der Waals surface area contributed by atoms with Crippen molar-refractivity contribution in [3.05, 3.63) is 75.7 Å². The molecule has 3 aromatic heterocycles. The van der Waals surface area contributed by atoms with E-state index < -0.39 is 95.6 Å². The molecule has 2 fully saturated rings. The number of hydrogen-bond acceptors (Lipinski definition) is 23. The van der Waals surface area contributed by atoms with Crippen LogP contribution >= 0.6 is 37.2 Å². The number of alkyl carbamates (subject to hydrolysis) is 1. The Morgan fingerprint density at radius 1 is 1.06 bits per heavy atom. The molecule has 3 unspecified atom stereocenters. The highest BCUT2D eigenvalue weighted by atomic mass is 33.1. The van der Waals surface area contributed by atoms with Crippen LogP contribution < -0.4 is 28.2 Å². The van der Waals surface area contributed by atoms with Crippen molar-refractivity contribution in [3.63, 3.8) is 0 Å². The number of phosphoric acid groups is 2. The number of nitrogens with two attached hydrogens (primary N) is 3. The lowest BCUT2D eigenvalue weighted by atomic mass is 10.1. The minimum atomic E-state index is -5.22. The number of rotatable bonds is 22. The number of nitrogens with one attached hydrogen (secondary N) is 1. The molecule has 0 bridgehead atoms. The summed E-state index contributed by atoms with van der Waals surface area (Å²) >= 11 is 0. The van der Waals surface area contributed by atoms with Crippen LogP contribution in [-0.2, 0) is 53.1 Å². The van der Waals surface area contributed by atoms with E-state index in [0.29, 0.717) is 17.7 Å². The second-order valence-electron chi connectivity index (χ2n) is 14.5. The highest BCUT2D eigenvalue weighted by Gasteiger charge is 2.50. The fourth-order valence-corrected chi connectivity index (χ4v) is 10.0. The number of esters is 1. The summed E-state index contributed by atoms with van der Waals surface area (Å²) in [5.74, 6) is -1.10. The molecule has 6 rings (SSSR count). The second kappa shape index (κ2) is 22.9. The van der Waals surface area contributed by atoms with E-state index in [1.807, 2.05) is 6.26 Å². The van der Waals surface area contributed by atoms with Gasteiger partial charge in [0, 0.05) is 35.0 Å². The Kier molecular flexibility index (Phi) is 17.6. The fourth-order valence-electron chi connectivity index (χ4n) is 6.73. The number of anilines is 2. The molecule has 29 nitrogen and oxygen atoms in total. The molecule has 0 saturated carbocycles. The first-order valence-electron chi connectivity index (χ1n) is 19.7. The second-order valence-corrected chi connectivity index (χ2v) is 19.9. The first kappa shape index (κ1) is 51.5. The number of nitrogens with zero attached hydrogens (tertiary/aromatic N) is 9. The molecule has 0 spiro atoms. The van der Waals surface area contributed by atoms with E-state index >= 15 is 0 Å². The van der Waals surface area contributed by atoms with Gasteiger partial charge in [0.05, 0.1) is 19.5 Å². The van der Waals surface area contributed by atoms with Gasteiger partial charge in [-0.1, -0.05) is 51.0 Å². The number of hydrogen-bond donors (Lipinski definition) is 8. The summed E-state index contributed by atoms with van der Waals surface area (Å²) in [5, 5.41) is 17.5. The van der Waals surface area contributed by atoms with E-state index in [1.54, 1.807) is 24.3 Å². The first-order chi connectivity index (χ1) is 31.8. The number of carbonyl (C=O) groups is 2. The molecule has 2 aliphatic rings. The summed E-state index contributed by atoms with van der Waals surface area (Å²) < 4.78 is 65.3. The van der Waals surface area contributed by atoms with E-state index in [2.05, 4.69) is 39.8 Å². The van der Waals surface area contributed by atoms with Gasteiger partial charge in [-0.15, -0.1) is 0 Å². The zero-order chi connectivity index (χ0) is 48.5. The molecule has 4 aromatic rings. The van der Waals surface area contributed by atoms with Crippen LogP contribution in [0.4, 0.5) is 22.1 Å². The van der Waals surface area contributed by atoms with Crippen molar-refractivity contribution in [2.45, 2.75) is 80.1 Å². The van der Waals surface area contributed by atoms with Gasteiger partial charge in [-0.3, -0.25) is 27.5 Å². The third-order valence-corrected chi connectivity index (χ3v) is 13.7. The van der Waals surface area contributed by atoms with E-state index in [-0.39, 0.29) is 54.0 Å². The molecule has 2 saturated heterocycles. The summed E-state index contributed by atoms with van der Waals surface area (Å²) in [4.78, 5) is 86.7. The summed E-state index contributed by atoms with van der Waals surface area (Å²) in [6.45, 7) is -1.65. The van der Waals surface area contributed by atoms with Crippen LogP contribution in [0.5, 0.6) is 0 Å². The van der Waals surface area contributed by atoms with Gasteiger partial charge in [-0.25, -0.2) is 33.7 Å². The lowest BCUT2D eigenvalue weighted by Gasteiger charge is -2.25. The minimum absolute atomic E-state index is 0.00357. The van der Waals surface area contributed by atoms with Crippen LogP contribution in [0.25, 0.3) is 21.6 Å². The van der Waals surface area contributed by atoms with Crippen molar-refractivity contribution in [1.29, 1.82) is 0 Å². The lowest BCUT2D eigenvalue weighted by molar-refractivity contribution is -0.158. The Balaban J connectivity index is 1.10. The number of aliphatic hydroxyl groups is 1. The average molecular weight is 1020 g/mol. The van der Waals surface area contributed by atoms with Crippen molar-refractivity contribution in [2.24, 2.45) is 10.8 Å². The predicted molar refractivity (Wildman–Crippen MR) is 235 cm³/mol. The number of amides is 1. The molecule has 67 heavy (non-hydrogen) atoms. The van der Waals surface area contributed by atoms with Crippen LogP contribution in [0.15, 0.2) is 59.1 Å². The van der Waals surface area contributed by atoms with Gasteiger partial charge < -0.3 is 61.3 Å². The van der Waals surface area contributed by atoms with Crippen molar-refractivity contribution in [1.82, 2.24) is 34.4 Å². The first-order valence-corrected chi connectivity index (χ1v) is 25.3. The zero-order valence-corrected chi connectivity index (χ0v) is 38.3. The average Bonchev–Trinajstić information content (AvgIpc) is 3.97. The number of fused-ring (bicyclic) bond motifs is 1. The van der Waals surface area contributed by atoms with Gasteiger partial charge in [-0.05, 0) is 36.3 Å². The van der Waals surface area contributed by atoms with Crippen molar-refractivity contribution in [2.75, 3.05) is 37.5 Å². The molecule has 2 aliphatic heterocycles. The smallest absolute Gasteiger partial charge is 0.455 e. The third kappa shape index (κ3) is 14.1. The van der Waals surface area contributed by atoms with Gasteiger partial charge in [-0.2, -0.15) is 4.98 Å². The highest BCUT2D eigenvalue weighted by molar-refractivity contribution is 8.76. The monoisotopic (exact) mass is 1020 g/mol. The normalized spacial score (nSPS) is 23.5. The molecule has 5 heterocycles. The molecular formula is C34H45N13O16P2S2. The van der Waals surface area contributed by atoms with Crippen LogP contribution in [-0.4, -0.2) is 129 Å². The Hall–Kier alpha value is -4.94. The van der Waals surface area contributed by atoms with Crippen LogP contribution in [0, 0.1) is 0 Å². The predicted octanol–water partition coefficient (Wildman–Crippen LogP) is 1.67. The summed E-state index contributed by atoms with van der Waals surface area (Å²) in [7, 11) is -7.48. The Morgan fingerprint density at radius 2 is 1.81 bits per heavy atom. The number of aliphatic hydroxyl groups excluding tert-OH is 1. The standard InChI is InChI=1S/C34H45N13O16P2S2/c1-66-67-19(11-39-34(51)57-12-17-2-4-18(5-3-17)44-45-38)6-7-20(35)32(49)62-28-23(61-31(27(28)48)47-16-42-26-29(37)40-15-41-30(26)47)14-59-65(55,56)63-21-10-25(46-9-8-24(36)43-33(46)50)60-22(21)13-58-64(52,53)54/h2-5,8-9,15-16,19-23,25,27-28,31,48H,6-7,10-14,35H2,1H3,(H,39,51)(H,55,56)(H2,36,43,50)(H2,37,40,41)(H2,52,53,54)/t19?,20?,21-,22+,23-,25+,27+,28+,31-/m0/s1. The molecule has 0 radical (unpaired) electrons. The molecule has 10 atom stereocenters. The van der Waals surface area contributed by atoms with Gasteiger partial charge in [0.2, 0.25) is 0 Å². The molecule has 11 N–H and O–H groups in total. The van der Waals surface area contributed by atoms with Gasteiger partial charge in [0.25, 0.3) is 0 Å². The van der Waals surface area contributed by atoms with Crippen LogP contribution in [0.3, 0.4) is 0 Å². The largest absolute Gasteiger partial charge is 0.472 e. The van der Waals surface area contributed by atoms with Crippen molar-refractivity contribution in [3.8, 4) is 0 Å². The molecule has 1 aromatic carbocycles. The van der Waals surface area contributed by atoms with Crippen LogP contribution in [0.1, 0.15) is 37.3 Å². The van der Waals surface area contributed by atoms with E-state index in [0.717, 1.165) is 10.9 Å². The number of carbonyl (C=O) groups excluding carboxylic acids is 2. The SMILES string of the molecule is CSSC(CCC(N)C(=O)O[C@H]1[C@@H](O)[C@@H](n2cnc3c(N)ncnc32)O[C@H]1COP(=O)(O)O[C@H]1C[C@H](n2ccc(N)nc2=O)O[C@@H]1COP(=O)(O)O)CNC(=O)OCc1ccc(N=[N+]=[N-])cc1. The van der Waals surface area contributed by atoms with Crippen molar-refractivity contribution >= 4 is 77.8 Å². The number of benzene rings is 1. The van der Waals surface area contributed by atoms with Gasteiger partial charge in [0.15, 0.2) is 23.8 Å². The molecule has 0 aliphatic carbocycles. The highest BCUT2D eigenvalue weighted by Crippen LogP contribution is 2.50. The minimum Gasteiger partial charge on any atom is -0.455 e. The third-order valence-electron chi connectivity index (χ3n) is 9.92. The van der Waals surface area contributed by atoms with E-state index in [9.17, 15) is 43.3 Å². The quantitative estimate of drug-likeness (QED) is 0.0139. The maximum Gasteiger partial charge on any atom is 0.472 e. The van der Waals surface area contributed by atoms with E-state index in [1.165, 1.54) is 44.7 Å². The maximum absolute atomic E-state index is 13.6. The summed E-state index contributed by atoms with van der Waals surface area (Å²) in [6.07, 6.45) is -5.69. The van der Waals surface area contributed by atoms with E-state index in [4.69, 9.17) is 50.7 Å². The Labute approximate surface area is 386 Å². The van der Waals surface area contributed by atoms with Gasteiger partial charge in [0.1, 0.15) is 61.0 Å². The molecule has 33 heteroatoms. The maximum atomic E-state index is 13.6. The Bertz CT molecular complexity index is 2570. The molecule has 364 valence electrons. The van der Waals surface area contributed by atoms with Crippen molar-refractivity contribution < 1.29 is 71.0 Å². The lowest BCUT2D eigenvalue weighted by Crippen LogP contribution is -2.43. The number of ether oxygens (including phenoxy) is 4. The topological polar surface area (TPSA) is 431 Å². The van der Waals surface area contributed by atoms with Gasteiger partial charge >= 0.3 is 33.4 Å². The fraction of sp³-hybridized carbons (Fsp3) is 0.500. The molecule has 1 amide bonds. The summed E-state index contributed by atoms with van der Waals surface area (Å²) in [6, 6.07) is 6.43. The number of nitrogen functional groups attached to an aromatic ring is 2. The zero-order valence-electron chi connectivity index (χ0n) is 34.9. The molecular weight excluding hydrogens is 973 g/mol. The number of azide groups is 1. The summed E-state index contributed by atoms with van der Waals surface area (Å²) in [5.41, 5.74) is 26.8. The number of phosphoric ester groups is 2. The van der Waals surface area contributed by atoms with Crippen LogP contribution in [0.2, 0.25) is 0 Å². The Morgan fingerprint density at radius 3 is 2.51 bits per heavy atom.